The van der Waals surface area contributed by atoms with Crippen molar-refractivity contribution in [3.05, 3.63) is 79.8 Å². The van der Waals surface area contributed by atoms with E-state index < -0.39 is 51.4 Å². The fourth-order valence-electron chi connectivity index (χ4n) is 4.11. The molecule has 2 aromatic heterocycles. The van der Waals surface area contributed by atoms with Crippen LogP contribution in [0, 0.1) is 10.1 Å². The molecule has 200 valence electrons. The molecule has 2 unspecified atom stereocenters. The minimum Gasteiger partial charge on any atom is -0.481 e. The van der Waals surface area contributed by atoms with E-state index in [2.05, 4.69) is 5.32 Å². The first kappa shape index (κ1) is 27.4. The van der Waals surface area contributed by atoms with E-state index in [1.54, 1.807) is 29.0 Å². The molecule has 2 N–H and O–H groups in total. The standard InChI is InChI=1S/C23H22N4O8S3/c28-19(13-17-6-2-10-36-17)25-8-9-26(38(34,35)21-7-3-11-37-21)23(25)22(31)24-18(14-20(29)30)15-4-1-5-16(12-15)27(32)33/h1-7,10-12,18,23H,8-9,13-14H2,(H,24,31)(H,29,30). The average Bonchev–Trinajstić information content (AvgIpc) is 3.65. The molecular formula is C23H22N4O8S3. The molecule has 3 heterocycles. The molecule has 4 rings (SSSR count). The predicted octanol–water partition coefficient (Wildman–Crippen LogP) is 2.45. The molecule has 2 atom stereocenters. The Morgan fingerprint density at radius 3 is 2.47 bits per heavy atom. The Kier molecular flexibility index (Phi) is 8.20. The number of thiophene rings is 2. The van der Waals surface area contributed by atoms with Crippen molar-refractivity contribution >= 4 is 56.2 Å². The van der Waals surface area contributed by atoms with Gasteiger partial charge in [0.2, 0.25) is 5.91 Å². The molecule has 1 fully saturated rings. The van der Waals surface area contributed by atoms with E-state index >= 15 is 0 Å². The molecule has 1 aliphatic rings. The van der Waals surface area contributed by atoms with Gasteiger partial charge in [0.25, 0.3) is 21.6 Å². The van der Waals surface area contributed by atoms with Crippen LogP contribution in [-0.2, 0) is 30.8 Å². The normalized spacial score (nSPS) is 16.7. The second kappa shape index (κ2) is 11.4. The Morgan fingerprint density at radius 2 is 1.84 bits per heavy atom. The number of carboxylic acids is 1. The number of nitrogens with zero attached hydrogens (tertiary/aromatic N) is 3. The van der Waals surface area contributed by atoms with Gasteiger partial charge in [0.05, 0.1) is 23.8 Å². The van der Waals surface area contributed by atoms with E-state index in [0.717, 1.165) is 31.5 Å². The number of nitro benzene ring substituents is 1. The number of sulfonamides is 1. The number of benzene rings is 1. The van der Waals surface area contributed by atoms with E-state index in [9.17, 15) is 38.0 Å². The zero-order valence-electron chi connectivity index (χ0n) is 19.6. The van der Waals surface area contributed by atoms with Crippen molar-refractivity contribution in [2.24, 2.45) is 0 Å². The van der Waals surface area contributed by atoms with Gasteiger partial charge in [-0.2, -0.15) is 4.31 Å². The van der Waals surface area contributed by atoms with Crippen molar-refractivity contribution in [2.45, 2.75) is 29.3 Å². The molecule has 1 aromatic carbocycles. The highest BCUT2D eigenvalue weighted by Gasteiger charge is 2.47. The minimum absolute atomic E-state index is 0.0105. The number of hydrogen-bond acceptors (Lipinski definition) is 9. The van der Waals surface area contributed by atoms with Gasteiger partial charge in [-0.1, -0.05) is 24.3 Å². The lowest BCUT2D eigenvalue weighted by molar-refractivity contribution is -0.384. The van der Waals surface area contributed by atoms with E-state index in [1.807, 2.05) is 0 Å². The van der Waals surface area contributed by atoms with Crippen LogP contribution >= 0.6 is 22.7 Å². The summed E-state index contributed by atoms with van der Waals surface area (Å²) in [4.78, 5) is 50.9. The Morgan fingerprint density at radius 1 is 1.11 bits per heavy atom. The van der Waals surface area contributed by atoms with Crippen molar-refractivity contribution < 1.29 is 32.8 Å². The highest BCUT2D eigenvalue weighted by Crippen LogP contribution is 2.29. The van der Waals surface area contributed by atoms with E-state index in [4.69, 9.17) is 0 Å². The fourth-order valence-corrected chi connectivity index (χ4v) is 7.47. The van der Waals surface area contributed by atoms with Gasteiger partial charge in [-0.05, 0) is 28.5 Å². The van der Waals surface area contributed by atoms with Crippen LogP contribution in [0.4, 0.5) is 5.69 Å². The summed E-state index contributed by atoms with van der Waals surface area (Å²) in [6.07, 6.45) is -2.25. The number of carboxylic acid groups (broad SMARTS) is 1. The number of carbonyl (C=O) groups excluding carboxylic acids is 2. The molecule has 1 aliphatic heterocycles. The summed E-state index contributed by atoms with van der Waals surface area (Å²) in [5.41, 5.74) is -0.153. The molecule has 12 nitrogen and oxygen atoms in total. The molecule has 3 aromatic rings. The quantitative estimate of drug-likeness (QED) is 0.273. The molecular weight excluding hydrogens is 556 g/mol. The second-order valence-electron chi connectivity index (χ2n) is 8.28. The third-order valence-electron chi connectivity index (χ3n) is 5.83. The van der Waals surface area contributed by atoms with E-state index in [1.165, 1.54) is 35.6 Å². The molecule has 0 spiro atoms. The van der Waals surface area contributed by atoms with Gasteiger partial charge < -0.3 is 15.3 Å². The maximum atomic E-state index is 13.6. The SMILES string of the molecule is O=C(O)CC(NC(=O)C1N(C(=O)Cc2cccs2)CCN1S(=O)(=O)c1cccs1)c1cccc([N+](=O)[O-])c1. The van der Waals surface area contributed by atoms with Crippen LogP contribution in [0.5, 0.6) is 0 Å². The van der Waals surface area contributed by atoms with Crippen molar-refractivity contribution in [1.82, 2.24) is 14.5 Å². The first-order chi connectivity index (χ1) is 18.1. The van der Waals surface area contributed by atoms with Gasteiger partial charge in [0.1, 0.15) is 4.21 Å². The van der Waals surface area contributed by atoms with Crippen LogP contribution in [0.15, 0.2) is 63.5 Å². The molecule has 38 heavy (non-hydrogen) atoms. The first-order valence-electron chi connectivity index (χ1n) is 11.2. The third-order valence-corrected chi connectivity index (χ3v) is 9.93. The number of nitro groups is 1. The topological polar surface area (TPSA) is 167 Å². The Labute approximate surface area is 225 Å². The first-order valence-corrected chi connectivity index (χ1v) is 14.4. The summed E-state index contributed by atoms with van der Waals surface area (Å²) in [7, 11) is -4.17. The molecule has 1 saturated heterocycles. The zero-order valence-corrected chi connectivity index (χ0v) is 22.1. The number of non-ortho nitro benzene ring substituents is 1. The number of rotatable bonds is 10. The Balaban J connectivity index is 1.68. The highest BCUT2D eigenvalue weighted by molar-refractivity contribution is 7.91. The van der Waals surface area contributed by atoms with Crippen molar-refractivity contribution in [3.8, 4) is 0 Å². The number of nitrogens with one attached hydrogen (secondary N) is 1. The van der Waals surface area contributed by atoms with Gasteiger partial charge in [-0.15, -0.1) is 22.7 Å². The molecule has 0 aliphatic carbocycles. The summed E-state index contributed by atoms with van der Waals surface area (Å²) in [5, 5.41) is 26.6. The summed E-state index contributed by atoms with van der Waals surface area (Å²) in [5.74, 6) is -2.68. The van der Waals surface area contributed by atoms with Gasteiger partial charge in [0, 0.05) is 30.1 Å². The van der Waals surface area contributed by atoms with Crippen molar-refractivity contribution in [3.63, 3.8) is 0 Å². The predicted molar refractivity (Wildman–Crippen MR) is 138 cm³/mol. The van der Waals surface area contributed by atoms with Crippen LogP contribution in [0.1, 0.15) is 22.9 Å². The Hall–Kier alpha value is -3.66. The van der Waals surface area contributed by atoms with Crippen LogP contribution in [-0.4, -0.2) is 64.7 Å². The number of hydrogen-bond donors (Lipinski definition) is 2. The van der Waals surface area contributed by atoms with Crippen LogP contribution in [0.2, 0.25) is 0 Å². The zero-order chi connectivity index (χ0) is 27.4. The third kappa shape index (κ3) is 5.91. The highest BCUT2D eigenvalue weighted by atomic mass is 32.2. The van der Waals surface area contributed by atoms with Crippen molar-refractivity contribution in [1.29, 1.82) is 0 Å². The van der Waals surface area contributed by atoms with Gasteiger partial charge in [0.15, 0.2) is 6.17 Å². The van der Waals surface area contributed by atoms with E-state index in [-0.39, 0.29) is 35.0 Å². The lowest BCUT2D eigenvalue weighted by Crippen LogP contribution is -2.54. The molecule has 0 bridgehead atoms. The van der Waals surface area contributed by atoms with Crippen LogP contribution in [0.25, 0.3) is 0 Å². The minimum atomic E-state index is -4.17. The largest absolute Gasteiger partial charge is 0.481 e. The summed E-state index contributed by atoms with van der Waals surface area (Å²) < 4.78 is 27.7. The average molecular weight is 579 g/mol. The molecule has 0 saturated carbocycles. The summed E-state index contributed by atoms with van der Waals surface area (Å²) >= 11 is 2.31. The second-order valence-corrected chi connectivity index (χ2v) is 12.4. The lowest BCUT2D eigenvalue weighted by Gasteiger charge is -2.30. The fraction of sp³-hybridized carbons (Fsp3) is 0.261. The van der Waals surface area contributed by atoms with Gasteiger partial charge in [-0.25, -0.2) is 8.42 Å². The van der Waals surface area contributed by atoms with Crippen LogP contribution < -0.4 is 5.32 Å². The van der Waals surface area contributed by atoms with Gasteiger partial charge in [-0.3, -0.25) is 24.5 Å². The number of aliphatic carboxylic acids is 1. The Bertz CT molecular complexity index is 1440. The molecule has 0 radical (unpaired) electrons. The lowest BCUT2D eigenvalue weighted by atomic mass is 10.0. The maximum Gasteiger partial charge on any atom is 0.305 e. The number of carbonyl (C=O) groups is 3. The summed E-state index contributed by atoms with van der Waals surface area (Å²) in [6.45, 7) is -0.192. The van der Waals surface area contributed by atoms with E-state index in [0.29, 0.717) is 0 Å². The molecule has 2 amide bonds. The summed E-state index contributed by atoms with van der Waals surface area (Å²) in [6, 6.07) is 10.4. The molecule has 15 heteroatoms. The van der Waals surface area contributed by atoms with Gasteiger partial charge >= 0.3 is 5.97 Å². The monoisotopic (exact) mass is 578 g/mol. The van der Waals surface area contributed by atoms with Crippen molar-refractivity contribution in [2.75, 3.05) is 13.1 Å². The van der Waals surface area contributed by atoms with Crippen LogP contribution in [0.3, 0.4) is 0 Å². The maximum absolute atomic E-state index is 13.6. The number of amides is 2. The smallest absolute Gasteiger partial charge is 0.305 e.